The predicted molar refractivity (Wildman–Crippen MR) is 97.6 cm³/mol. The number of carbonyl (C=O) groups is 1. The average molecular weight is 334 g/mol. The van der Waals surface area contributed by atoms with Crippen LogP contribution in [0.1, 0.15) is 40.8 Å². The molecule has 1 amide bonds. The highest BCUT2D eigenvalue weighted by Gasteiger charge is 2.28. The van der Waals surface area contributed by atoms with E-state index in [1.165, 1.54) is 0 Å². The second kappa shape index (κ2) is 6.31. The van der Waals surface area contributed by atoms with Crippen LogP contribution in [0.4, 0.5) is 0 Å². The highest BCUT2D eigenvalue weighted by atomic mass is 16.2. The van der Waals surface area contributed by atoms with Gasteiger partial charge in [-0.1, -0.05) is 24.3 Å². The average Bonchev–Trinajstić information content (AvgIpc) is 2.99. The van der Waals surface area contributed by atoms with E-state index in [9.17, 15) is 4.79 Å². The lowest BCUT2D eigenvalue weighted by Gasteiger charge is -2.32. The molecule has 0 bridgehead atoms. The quantitative estimate of drug-likeness (QED) is 0.722. The molecule has 128 valence electrons. The number of benzene rings is 1. The third-order valence-electron chi connectivity index (χ3n) is 4.92. The van der Waals surface area contributed by atoms with Crippen molar-refractivity contribution in [1.82, 2.24) is 19.4 Å². The summed E-state index contributed by atoms with van der Waals surface area (Å²) in [5, 5.41) is 1.05. The van der Waals surface area contributed by atoms with Crippen LogP contribution >= 0.6 is 0 Å². The number of piperidine rings is 1. The lowest BCUT2D eigenvalue weighted by atomic mass is 9.97. The Morgan fingerprint density at radius 1 is 1.16 bits per heavy atom. The van der Waals surface area contributed by atoms with Gasteiger partial charge in [0.2, 0.25) is 0 Å². The zero-order valence-corrected chi connectivity index (χ0v) is 14.6. The monoisotopic (exact) mass is 334 g/mol. The van der Waals surface area contributed by atoms with Crippen molar-refractivity contribution >= 4 is 16.8 Å². The maximum atomic E-state index is 12.9. The van der Waals surface area contributed by atoms with Crippen molar-refractivity contribution in [2.24, 2.45) is 7.05 Å². The molecule has 25 heavy (non-hydrogen) atoms. The molecule has 5 nitrogen and oxygen atoms in total. The number of fused-ring (bicyclic) bond motifs is 1. The van der Waals surface area contributed by atoms with Crippen molar-refractivity contribution in [3.8, 4) is 0 Å². The smallest absolute Gasteiger partial charge is 0.272 e. The number of likely N-dealkylation sites (tertiary alicyclic amines) is 1. The van der Waals surface area contributed by atoms with Crippen LogP contribution in [0, 0.1) is 6.92 Å². The number of para-hydroxylation sites is 1. The summed E-state index contributed by atoms with van der Waals surface area (Å²) in [6, 6.07) is 11.7. The largest absolute Gasteiger partial charge is 0.337 e. The molecule has 0 radical (unpaired) electrons. The van der Waals surface area contributed by atoms with Gasteiger partial charge in [0.1, 0.15) is 11.5 Å². The Bertz CT molecular complexity index is 930. The first kappa shape index (κ1) is 15.8. The van der Waals surface area contributed by atoms with E-state index in [0.717, 1.165) is 41.8 Å². The lowest BCUT2D eigenvalue weighted by molar-refractivity contribution is 0.0698. The van der Waals surface area contributed by atoms with Gasteiger partial charge in [-0.3, -0.25) is 4.79 Å². The number of hydrogen-bond donors (Lipinski definition) is 0. The van der Waals surface area contributed by atoms with Crippen molar-refractivity contribution in [2.75, 3.05) is 13.1 Å². The maximum Gasteiger partial charge on any atom is 0.272 e. The maximum absolute atomic E-state index is 12.9. The molecule has 0 aliphatic carbocycles. The number of aryl methyl sites for hydroxylation is 2. The van der Waals surface area contributed by atoms with E-state index in [1.807, 2.05) is 61.5 Å². The third kappa shape index (κ3) is 3.02. The van der Waals surface area contributed by atoms with Crippen LogP contribution in [-0.4, -0.2) is 38.4 Å². The number of amides is 1. The van der Waals surface area contributed by atoms with Gasteiger partial charge in [0.15, 0.2) is 0 Å². The number of rotatable bonds is 2. The fourth-order valence-electron chi connectivity index (χ4n) is 3.73. The van der Waals surface area contributed by atoms with Crippen molar-refractivity contribution in [1.29, 1.82) is 0 Å². The molecule has 0 unspecified atom stereocenters. The summed E-state index contributed by atoms with van der Waals surface area (Å²) in [5.74, 6) is 1.37. The second-order valence-corrected chi connectivity index (χ2v) is 6.83. The first-order chi connectivity index (χ1) is 12.1. The second-order valence-electron chi connectivity index (χ2n) is 6.83. The van der Waals surface area contributed by atoms with Gasteiger partial charge in [-0.05, 0) is 31.9 Å². The van der Waals surface area contributed by atoms with Crippen LogP contribution < -0.4 is 0 Å². The Labute approximate surface area is 147 Å². The summed E-state index contributed by atoms with van der Waals surface area (Å²) in [5.41, 5.74) is 2.41. The van der Waals surface area contributed by atoms with Gasteiger partial charge in [0.05, 0.1) is 11.2 Å². The number of aromatic nitrogens is 3. The van der Waals surface area contributed by atoms with Crippen LogP contribution in [0.15, 0.2) is 42.6 Å². The zero-order valence-electron chi connectivity index (χ0n) is 14.6. The first-order valence-corrected chi connectivity index (χ1v) is 8.77. The molecule has 1 aliphatic rings. The van der Waals surface area contributed by atoms with Crippen LogP contribution in [0.5, 0.6) is 0 Å². The molecule has 3 aromatic rings. The van der Waals surface area contributed by atoms with Gasteiger partial charge in [-0.15, -0.1) is 0 Å². The summed E-state index contributed by atoms with van der Waals surface area (Å²) in [4.78, 5) is 24.1. The van der Waals surface area contributed by atoms with Crippen LogP contribution in [0.3, 0.4) is 0 Å². The number of nitrogens with zero attached hydrogens (tertiary/aromatic N) is 4. The molecule has 2 aromatic heterocycles. The molecule has 0 spiro atoms. The van der Waals surface area contributed by atoms with E-state index in [0.29, 0.717) is 12.2 Å². The van der Waals surface area contributed by atoms with Crippen LogP contribution in [0.25, 0.3) is 10.9 Å². The molecular weight excluding hydrogens is 312 g/mol. The van der Waals surface area contributed by atoms with Crippen molar-refractivity contribution in [2.45, 2.75) is 25.7 Å². The Hall–Kier alpha value is -2.69. The van der Waals surface area contributed by atoms with E-state index in [1.54, 1.807) is 0 Å². The fourth-order valence-corrected chi connectivity index (χ4v) is 3.73. The number of pyridine rings is 1. The van der Waals surface area contributed by atoms with E-state index in [-0.39, 0.29) is 11.8 Å². The number of imidazole rings is 1. The summed E-state index contributed by atoms with van der Waals surface area (Å²) >= 11 is 0. The number of hydrogen-bond acceptors (Lipinski definition) is 3. The SMILES string of the molecule is Cc1cn(C)c([C@H]2CCCN(C(=O)c3ccc4ccccc4n3)C2)n1. The Morgan fingerprint density at radius 2 is 2.00 bits per heavy atom. The highest BCUT2D eigenvalue weighted by molar-refractivity contribution is 5.95. The Morgan fingerprint density at radius 3 is 2.80 bits per heavy atom. The molecule has 1 saturated heterocycles. The zero-order chi connectivity index (χ0) is 17.4. The molecule has 1 aliphatic heterocycles. The molecule has 3 heterocycles. The Balaban J connectivity index is 1.57. The van der Waals surface area contributed by atoms with Gasteiger partial charge in [-0.2, -0.15) is 0 Å². The first-order valence-electron chi connectivity index (χ1n) is 8.77. The molecule has 0 N–H and O–H groups in total. The Kier molecular flexibility index (Phi) is 3.99. The molecule has 0 saturated carbocycles. The van der Waals surface area contributed by atoms with E-state index < -0.39 is 0 Å². The molecule has 4 rings (SSSR count). The molecule has 1 atom stereocenters. The predicted octanol–water partition coefficient (Wildman–Crippen LogP) is 3.30. The minimum atomic E-state index is 0.0152. The van der Waals surface area contributed by atoms with Crippen molar-refractivity contribution < 1.29 is 4.79 Å². The van der Waals surface area contributed by atoms with Crippen LogP contribution in [0.2, 0.25) is 0 Å². The van der Waals surface area contributed by atoms with Gasteiger partial charge < -0.3 is 9.47 Å². The molecular formula is C20H22N4O. The van der Waals surface area contributed by atoms with Gasteiger partial charge in [-0.25, -0.2) is 9.97 Å². The molecule has 1 aromatic carbocycles. The van der Waals surface area contributed by atoms with Gasteiger partial charge >= 0.3 is 0 Å². The summed E-state index contributed by atoms with van der Waals surface area (Å²) in [6.45, 7) is 3.50. The standard InChI is InChI=1S/C20H22N4O/c1-14-12-23(2)19(21-14)16-7-5-11-24(13-16)20(25)18-10-9-15-6-3-4-8-17(15)22-18/h3-4,6,8-10,12,16H,5,7,11,13H2,1-2H3/t16-/m0/s1. The fraction of sp³-hybridized carbons (Fsp3) is 0.350. The van der Waals surface area contributed by atoms with Gasteiger partial charge in [0.25, 0.3) is 5.91 Å². The van der Waals surface area contributed by atoms with Gasteiger partial charge in [0, 0.05) is 37.6 Å². The van der Waals surface area contributed by atoms with E-state index in [2.05, 4.69) is 14.5 Å². The highest BCUT2D eigenvalue weighted by Crippen LogP contribution is 2.27. The summed E-state index contributed by atoms with van der Waals surface area (Å²) < 4.78 is 2.09. The van der Waals surface area contributed by atoms with E-state index in [4.69, 9.17) is 0 Å². The summed E-state index contributed by atoms with van der Waals surface area (Å²) in [6.07, 6.45) is 4.11. The van der Waals surface area contributed by atoms with Crippen molar-refractivity contribution in [3.63, 3.8) is 0 Å². The summed E-state index contributed by atoms with van der Waals surface area (Å²) in [7, 11) is 2.03. The topological polar surface area (TPSA) is 51.0 Å². The lowest BCUT2D eigenvalue weighted by Crippen LogP contribution is -2.40. The molecule has 1 fully saturated rings. The van der Waals surface area contributed by atoms with Crippen LogP contribution in [-0.2, 0) is 7.05 Å². The van der Waals surface area contributed by atoms with E-state index >= 15 is 0 Å². The number of carbonyl (C=O) groups excluding carboxylic acids is 1. The van der Waals surface area contributed by atoms with Crippen molar-refractivity contribution in [3.05, 3.63) is 59.8 Å². The minimum absolute atomic E-state index is 0.0152. The normalized spacial score (nSPS) is 17.8. The third-order valence-corrected chi connectivity index (χ3v) is 4.92. The minimum Gasteiger partial charge on any atom is -0.337 e. The molecule has 5 heteroatoms.